The highest BCUT2D eigenvalue weighted by atomic mass is 19.2. The van der Waals surface area contributed by atoms with Crippen LogP contribution in [0, 0.1) is 46.5 Å². The molecule has 0 saturated heterocycles. The summed E-state index contributed by atoms with van der Waals surface area (Å²) < 4.78 is 105. The zero-order valence-electron chi connectivity index (χ0n) is 9.55. The SMILES string of the molecule is Oc1cc(-c2c(F)c(F)c(F)c(F)c2F)c(F)c(F)c1F. The minimum Gasteiger partial charge on any atom is -0.505 e. The van der Waals surface area contributed by atoms with Crippen LogP contribution >= 0.6 is 0 Å². The van der Waals surface area contributed by atoms with Crippen molar-refractivity contribution in [2.24, 2.45) is 0 Å². The van der Waals surface area contributed by atoms with Crippen LogP contribution in [0.3, 0.4) is 0 Å². The number of benzene rings is 2. The van der Waals surface area contributed by atoms with Gasteiger partial charge in [0.15, 0.2) is 40.7 Å². The van der Waals surface area contributed by atoms with Crippen molar-refractivity contribution in [3.8, 4) is 16.9 Å². The minimum atomic E-state index is -2.50. The molecule has 0 fully saturated rings. The summed E-state index contributed by atoms with van der Waals surface area (Å²) in [6, 6.07) is 0.00598. The molecule has 112 valence electrons. The molecule has 0 aliphatic rings. The first-order valence-corrected chi connectivity index (χ1v) is 5.06. The van der Waals surface area contributed by atoms with Crippen LogP contribution in [0.4, 0.5) is 35.1 Å². The predicted molar refractivity (Wildman–Crippen MR) is 53.2 cm³/mol. The maximum atomic E-state index is 13.5. The highest BCUT2D eigenvalue weighted by molar-refractivity contribution is 5.68. The van der Waals surface area contributed by atoms with Crippen LogP contribution in [0.2, 0.25) is 0 Å². The third-order valence-electron chi connectivity index (χ3n) is 2.61. The van der Waals surface area contributed by atoms with Gasteiger partial charge in [-0.3, -0.25) is 0 Å². The number of halogens is 8. The Labute approximate surface area is 111 Å². The van der Waals surface area contributed by atoms with E-state index in [0.29, 0.717) is 0 Å². The van der Waals surface area contributed by atoms with Crippen molar-refractivity contribution >= 4 is 0 Å². The molecule has 1 N–H and O–H groups in total. The number of phenols is 1. The lowest BCUT2D eigenvalue weighted by atomic mass is 10.0. The molecular weight excluding hydrogens is 312 g/mol. The van der Waals surface area contributed by atoms with Crippen molar-refractivity contribution in [3.05, 3.63) is 52.6 Å². The number of phenolic OH excluding ortho intramolecular Hbond substituents is 1. The Bertz CT molecular complexity index is 727. The van der Waals surface area contributed by atoms with E-state index in [1.165, 1.54) is 0 Å². The van der Waals surface area contributed by atoms with Gasteiger partial charge < -0.3 is 5.11 Å². The van der Waals surface area contributed by atoms with E-state index in [4.69, 9.17) is 5.11 Å². The highest BCUT2D eigenvalue weighted by Crippen LogP contribution is 2.36. The van der Waals surface area contributed by atoms with Crippen LogP contribution in [0.1, 0.15) is 0 Å². The van der Waals surface area contributed by atoms with Crippen LogP contribution in [-0.4, -0.2) is 5.11 Å². The van der Waals surface area contributed by atoms with Crippen LogP contribution < -0.4 is 0 Å². The molecule has 0 aliphatic carbocycles. The standard InChI is InChI=1S/C12H2F8O/c13-5-2(1-3(21)6(14)9(5)17)4-7(15)10(18)12(20)11(19)8(4)16/h1,21H. The molecule has 0 aliphatic heterocycles. The molecule has 0 atom stereocenters. The van der Waals surface area contributed by atoms with E-state index in [-0.39, 0.29) is 6.07 Å². The summed E-state index contributed by atoms with van der Waals surface area (Å²) >= 11 is 0. The summed E-state index contributed by atoms with van der Waals surface area (Å²) in [4.78, 5) is 0. The first-order chi connectivity index (χ1) is 9.68. The smallest absolute Gasteiger partial charge is 0.203 e. The molecule has 9 heteroatoms. The maximum Gasteiger partial charge on any atom is 0.203 e. The van der Waals surface area contributed by atoms with E-state index in [2.05, 4.69) is 0 Å². The molecule has 0 radical (unpaired) electrons. The van der Waals surface area contributed by atoms with E-state index in [1.54, 1.807) is 0 Å². The second kappa shape index (κ2) is 4.90. The zero-order chi connectivity index (χ0) is 16.1. The van der Waals surface area contributed by atoms with Gasteiger partial charge in [-0.2, -0.15) is 4.39 Å². The van der Waals surface area contributed by atoms with Gasteiger partial charge in [-0.05, 0) is 6.07 Å². The number of aromatic hydroxyl groups is 1. The molecule has 2 aromatic carbocycles. The summed E-state index contributed by atoms with van der Waals surface area (Å²) in [5.74, 6) is -20.4. The average molecular weight is 314 g/mol. The van der Waals surface area contributed by atoms with E-state index in [9.17, 15) is 35.1 Å². The maximum absolute atomic E-state index is 13.5. The minimum absolute atomic E-state index is 0.00598. The third kappa shape index (κ3) is 2.08. The van der Waals surface area contributed by atoms with Crippen molar-refractivity contribution in [1.82, 2.24) is 0 Å². The van der Waals surface area contributed by atoms with Crippen molar-refractivity contribution in [1.29, 1.82) is 0 Å². The van der Waals surface area contributed by atoms with E-state index < -0.39 is 63.4 Å². The first-order valence-electron chi connectivity index (χ1n) is 5.06. The Morgan fingerprint density at radius 1 is 0.524 bits per heavy atom. The van der Waals surface area contributed by atoms with Gasteiger partial charge in [0.25, 0.3) is 0 Å². The highest BCUT2D eigenvalue weighted by Gasteiger charge is 2.30. The second-order valence-electron chi connectivity index (χ2n) is 3.83. The largest absolute Gasteiger partial charge is 0.505 e. The van der Waals surface area contributed by atoms with E-state index >= 15 is 0 Å². The van der Waals surface area contributed by atoms with Crippen LogP contribution in [0.15, 0.2) is 6.07 Å². The molecular formula is C12H2F8O. The summed E-state index contributed by atoms with van der Waals surface area (Å²) in [6.45, 7) is 0. The quantitative estimate of drug-likeness (QED) is 0.476. The van der Waals surface area contributed by atoms with Crippen LogP contribution in [0.25, 0.3) is 11.1 Å². The van der Waals surface area contributed by atoms with Crippen LogP contribution in [0.5, 0.6) is 5.75 Å². The fourth-order valence-electron chi connectivity index (χ4n) is 1.61. The Hall–Kier alpha value is -2.32. The van der Waals surface area contributed by atoms with E-state index in [0.717, 1.165) is 0 Å². The number of hydrogen-bond donors (Lipinski definition) is 1. The Balaban J connectivity index is 2.93. The molecule has 0 unspecified atom stereocenters. The van der Waals surface area contributed by atoms with Crippen LogP contribution in [-0.2, 0) is 0 Å². The lowest BCUT2D eigenvalue weighted by Gasteiger charge is -2.10. The summed E-state index contributed by atoms with van der Waals surface area (Å²) in [7, 11) is 0. The normalized spacial score (nSPS) is 11.0. The number of rotatable bonds is 1. The molecule has 2 aromatic rings. The summed E-state index contributed by atoms with van der Waals surface area (Å²) in [6.07, 6.45) is 0. The van der Waals surface area contributed by atoms with Crippen molar-refractivity contribution in [2.75, 3.05) is 0 Å². The van der Waals surface area contributed by atoms with Crippen molar-refractivity contribution in [2.45, 2.75) is 0 Å². The van der Waals surface area contributed by atoms with Gasteiger partial charge in [-0.25, -0.2) is 30.7 Å². The fourth-order valence-corrected chi connectivity index (χ4v) is 1.61. The Morgan fingerprint density at radius 3 is 1.38 bits per heavy atom. The second-order valence-corrected chi connectivity index (χ2v) is 3.83. The van der Waals surface area contributed by atoms with Gasteiger partial charge in [0.05, 0.1) is 5.56 Å². The average Bonchev–Trinajstić information content (AvgIpc) is 2.46. The molecule has 21 heavy (non-hydrogen) atoms. The van der Waals surface area contributed by atoms with Gasteiger partial charge in [0, 0.05) is 5.56 Å². The lowest BCUT2D eigenvalue weighted by Crippen LogP contribution is -2.06. The third-order valence-corrected chi connectivity index (χ3v) is 2.61. The number of hydrogen-bond acceptors (Lipinski definition) is 1. The van der Waals surface area contributed by atoms with Gasteiger partial charge in [0.2, 0.25) is 11.6 Å². The van der Waals surface area contributed by atoms with Gasteiger partial charge in [-0.1, -0.05) is 0 Å². The molecule has 0 amide bonds. The molecule has 0 aromatic heterocycles. The fraction of sp³-hybridized carbons (Fsp3) is 0. The first kappa shape index (κ1) is 15.1. The van der Waals surface area contributed by atoms with Gasteiger partial charge >= 0.3 is 0 Å². The Morgan fingerprint density at radius 2 is 0.905 bits per heavy atom. The summed E-state index contributed by atoms with van der Waals surface area (Å²) in [5.41, 5.74) is -3.34. The van der Waals surface area contributed by atoms with Gasteiger partial charge in [-0.15, -0.1) is 0 Å². The van der Waals surface area contributed by atoms with Gasteiger partial charge in [0.1, 0.15) is 0 Å². The lowest BCUT2D eigenvalue weighted by molar-refractivity contribution is 0.377. The molecule has 0 bridgehead atoms. The molecule has 0 spiro atoms. The Kier molecular flexibility index (Phi) is 3.52. The molecule has 1 nitrogen and oxygen atoms in total. The van der Waals surface area contributed by atoms with E-state index in [1.807, 2.05) is 0 Å². The zero-order valence-corrected chi connectivity index (χ0v) is 9.55. The monoisotopic (exact) mass is 314 g/mol. The molecule has 0 saturated carbocycles. The summed E-state index contributed by atoms with van der Waals surface area (Å²) in [5, 5.41) is 8.95. The molecule has 2 rings (SSSR count). The molecule has 0 heterocycles. The topological polar surface area (TPSA) is 20.2 Å². The predicted octanol–water partition coefficient (Wildman–Crippen LogP) is 4.17. The van der Waals surface area contributed by atoms with Crippen molar-refractivity contribution < 1.29 is 40.2 Å². The van der Waals surface area contributed by atoms with Crippen molar-refractivity contribution in [3.63, 3.8) is 0 Å².